The molecule has 1 aliphatic heterocycles. The summed E-state index contributed by atoms with van der Waals surface area (Å²) < 4.78 is 26.1. The number of hydrazone groups is 1. The van der Waals surface area contributed by atoms with Gasteiger partial charge in [0.2, 0.25) is 0 Å². The highest BCUT2D eigenvalue weighted by atomic mass is 79.9. The van der Waals surface area contributed by atoms with Crippen LogP contribution >= 0.6 is 26.6 Å². The Morgan fingerprint density at radius 3 is 2.22 bits per heavy atom. The molecule has 0 radical (unpaired) electrons. The summed E-state index contributed by atoms with van der Waals surface area (Å²) in [6.45, 7) is 0. The first-order valence-corrected chi connectivity index (χ1v) is 10.7. The smallest absolute Gasteiger partial charge is 0.175 e. The maximum absolute atomic E-state index is 11.6. The first kappa shape index (κ1) is 16.4. The summed E-state index contributed by atoms with van der Waals surface area (Å²) in [5, 5.41) is 4.40. The second-order valence-electron chi connectivity index (χ2n) is 5.11. The summed E-state index contributed by atoms with van der Waals surface area (Å²) in [7, 11) is -1.54. The topological polar surface area (TPSA) is 49.7 Å². The second-order valence-corrected chi connectivity index (χ2v) is 10.0. The molecule has 0 amide bonds. The molecule has 0 aliphatic carbocycles. The van der Waals surface area contributed by atoms with Gasteiger partial charge in [0, 0.05) is 22.7 Å². The molecule has 0 N–H and O–H groups in total. The summed E-state index contributed by atoms with van der Waals surface area (Å²) in [6, 6.07) is 15.1. The van der Waals surface area contributed by atoms with E-state index in [1.165, 1.54) is 6.26 Å². The number of benzene rings is 2. The van der Waals surface area contributed by atoms with E-state index in [9.17, 15) is 8.42 Å². The van der Waals surface area contributed by atoms with Gasteiger partial charge in [0.25, 0.3) is 0 Å². The number of rotatable bonds is 3. The molecular weight excluding hydrogens is 396 g/mol. The molecule has 0 spiro atoms. The average Bonchev–Trinajstić information content (AvgIpc) is 2.89. The standard InChI is InChI=1S/C16H15BrN2O2S2/c1-19-18-11-16(22(19)14-7-5-13(17)6-8-14)12-3-9-15(10-4-12)23(2,20)21/h3-11H,1-2H3. The van der Waals surface area contributed by atoms with Crippen LogP contribution in [0.2, 0.25) is 0 Å². The molecule has 0 saturated carbocycles. The van der Waals surface area contributed by atoms with Gasteiger partial charge in [-0.2, -0.15) is 5.10 Å². The van der Waals surface area contributed by atoms with Crippen molar-refractivity contribution in [3.8, 4) is 0 Å². The van der Waals surface area contributed by atoms with E-state index < -0.39 is 9.84 Å². The monoisotopic (exact) mass is 410 g/mol. The predicted octanol–water partition coefficient (Wildman–Crippen LogP) is 3.55. The van der Waals surface area contributed by atoms with Gasteiger partial charge in [-0.3, -0.25) is 0 Å². The number of hydrogen-bond acceptors (Lipinski definition) is 4. The number of nitrogens with zero attached hydrogens (tertiary/aromatic N) is 2. The van der Waals surface area contributed by atoms with Gasteiger partial charge in [-0.05, 0) is 52.6 Å². The molecule has 0 saturated heterocycles. The Labute approximate surface area is 146 Å². The summed E-state index contributed by atoms with van der Waals surface area (Å²) >= 11 is 3.45. The van der Waals surface area contributed by atoms with Crippen molar-refractivity contribution >= 4 is 47.5 Å². The third-order valence-electron chi connectivity index (χ3n) is 3.41. The maximum atomic E-state index is 11.6. The normalized spacial score (nSPS) is 17.8. The van der Waals surface area contributed by atoms with Crippen LogP contribution in [0.5, 0.6) is 0 Å². The number of sulfone groups is 1. The van der Waals surface area contributed by atoms with Crippen LogP contribution < -0.4 is 0 Å². The van der Waals surface area contributed by atoms with Crippen LogP contribution in [0.4, 0.5) is 0 Å². The van der Waals surface area contributed by atoms with Gasteiger partial charge in [-0.15, -0.1) is 0 Å². The van der Waals surface area contributed by atoms with Crippen molar-refractivity contribution in [3.63, 3.8) is 0 Å². The summed E-state index contributed by atoms with van der Waals surface area (Å²) in [5.41, 5.74) is 0.983. The van der Waals surface area contributed by atoms with E-state index in [0.29, 0.717) is 4.90 Å². The van der Waals surface area contributed by atoms with E-state index in [1.54, 1.807) is 12.1 Å². The molecule has 23 heavy (non-hydrogen) atoms. The molecular formula is C16H15BrN2O2S2. The van der Waals surface area contributed by atoms with Crippen LogP contribution in [-0.2, 0) is 9.84 Å². The third-order valence-corrected chi connectivity index (χ3v) is 7.17. The van der Waals surface area contributed by atoms with Gasteiger partial charge in [-0.1, -0.05) is 28.1 Å². The first-order chi connectivity index (χ1) is 10.9. The van der Waals surface area contributed by atoms with Crippen molar-refractivity contribution in [2.75, 3.05) is 13.3 Å². The summed E-state index contributed by atoms with van der Waals surface area (Å²) in [4.78, 5) is 2.57. The van der Waals surface area contributed by atoms with Crippen LogP contribution in [0.15, 0.2) is 67.9 Å². The summed E-state index contributed by atoms with van der Waals surface area (Å²) in [6.07, 6.45) is 3.06. The van der Waals surface area contributed by atoms with E-state index in [-0.39, 0.29) is 10.7 Å². The fourth-order valence-electron chi connectivity index (χ4n) is 2.27. The molecule has 120 valence electrons. The fraction of sp³-hybridized carbons (Fsp3) is 0.125. The van der Waals surface area contributed by atoms with Crippen LogP contribution in [0.3, 0.4) is 0 Å². The van der Waals surface area contributed by atoms with Gasteiger partial charge < -0.3 is 0 Å². The van der Waals surface area contributed by atoms with Crippen molar-refractivity contribution in [1.82, 2.24) is 4.41 Å². The Morgan fingerprint density at radius 2 is 1.65 bits per heavy atom. The van der Waals surface area contributed by atoms with Gasteiger partial charge in [0.05, 0.1) is 16.0 Å². The molecule has 0 fully saturated rings. The van der Waals surface area contributed by atoms with E-state index in [1.807, 2.05) is 41.9 Å². The van der Waals surface area contributed by atoms with Gasteiger partial charge in [0.1, 0.15) is 0 Å². The molecule has 1 unspecified atom stereocenters. The number of hydrogen-bond donors (Lipinski definition) is 0. The van der Waals surface area contributed by atoms with Crippen LogP contribution in [0.1, 0.15) is 5.56 Å². The first-order valence-electron chi connectivity index (χ1n) is 6.81. The minimum Gasteiger partial charge on any atom is -0.244 e. The Morgan fingerprint density at radius 1 is 1.04 bits per heavy atom. The minimum absolute atomic E-state index is 0.303. The Hall–Kier alpha value is -1.44. The van der Waals surface area contributed by atoms with E-state index >= 15 is 0 Å². The molecule has 1 atom stereocenters. The largest absolute Gasteiger partial charge is 0.244 e. The molecule has 4 nitrogen and oxygen atoms in total. The maximum Gasteiger partial charge on any atom is 0.175 e. The lowest BCUT2D eigenvalue weighted by Crippen LogP contribution is -2.04. The Balaban J connectivity index is 2.08. The highest BCUT2D eigenvalue weighted by Gasteiger charge is 2.18. The minimum atomic E-state index is -3.18. The van der Waals surface area contributed by atoms with Crippen molar-refractivity contribution in [2.24, 2.45) is 5.10 Å². The quantitative estimate of drug-likeness (QED) is 0.726. The zero-order valence-electron chi connectivity index (χ0n) is 12.6. The molecule has 1 heterocycles. The molecule has 0 aromatic heterocycles. The van der Waals surface area contributed by atoms with Gasteiger partial charge >= 0.3 is 0 Å². The third kappa shape index (κ3) is 3.41. The lowest BCUT2D eigenvalue weighted by Gasteiger charge is -2.16. The zero-order chi connectivity index (χ0) is 16.6. The second kappa shape index (κ2) is 6.22. The molecule has 0 bridgehead atoms. The predicted molar refractivity (Wildman–Crippen MR) is 99.9 cm³/mol. The Kier molecular flexibility index (Phi) is 4.44. The lowest BCUT2D eigenvalue weighted by molar-refractivity contribution is 0.602. The van der Waals surface area contributed by atoms with Crippen molar-refractivity contribution in [2.45, 2.75) is 9.79 Å². The average molecular weight is 411 g/mol. The van der Waals surface area contributed by atoms with Crippen molar-refractivity contribution in [1.29, 1.82) is 0 Å². The molecule has 2 aromatic rings. The molecule has 7 heteroatoms. The van der Waals surface area contributed by atoms with Crippen LogP contribution in [0, 0.1) is 0 Å². The summed E-state index contributed by atoms with van der Waals surface area (Å²) in [5.74, 6) is 0. The lowest BCUT2D eigenvalue weighted by atomic mass is 10.2. The highest BCUT2D eigenvalue weighted by molar-refractivity contribution is 9.10. The van der Waals surface area contributed by atoms with E-state index in [2.05, 4.69) is 33.2 Å². The SMILES string of the molecule is CN1N=CC(c2ccc(S(C)(=O)=O)cc2)=S1c1ccc(Br)cc1. The van der Waals surface area contributed by atoms with E-state index in [0.717, 1.165) is 19.8 Å². The van der Waals surface area contributed by atoms with Gasteiger partial charge in [0.15, 0.2) is 9.84 Å². The molecule has 3 rings (SSSR count). The highest BCUT2D eigenvalue weighted by Crippen LogP contribution is 2.36. The Bertz CT molecular complexity index is 902. The molecule has 2 aromatic carbocycles. The van der Waals surface area contributed by atoms with Crippen molar-refractivity contribution < 1.29 is 8.42 Å². The zero-order valence-corrected chi connectivity index (χ0v) is 15.8. The molecule has 1 aliphatic rings. The van der Waals surface area contributed by atoms with Crippen LogP contribution in [-0.4, -0.2) is 37.2 Å². The van der Waals surface area contributed by atoms with Crippen molar-refractivity contribution in [3.05, 3.63) is 58.6 Å². The van der Waals surface area contributed by atoms with E-state index in [4.69, 9.17) is 0 Å². The number of halogens is 1. The fourth-order valence-corrected chi connectivity index (χ4v) is 5.05. The van der Waals surface area contributed by atoms with Gasteiger partial charge in [-0.25, -0.2) is 12.8 Å². The van der Waals surface area contributed by atoms with Crippen LogP contribution in [0.25, 0.3) is 0 Å².